The molecule has 1 aromatic heterocycles. The number of nitrogen functional groups attached to an aromatic ring is 1. The van der Waals surface area contributed by atoms with Crippen LogP contribution in [-0.4, -0.2) is 51.1 Å². The number of benzene rings is 1. The Morgan fingerprint density at radius 2 is 2.00 bits per heavy atom. The Hall–Kier alpha value is -2.73. The van der Waals surface area contributed by atoms with E-state index in [1.807, 2.05) is 24.3 Å². The number of carbonyl (C=O) groups is 1. The third kappa shape index (κ3) is 4.65. The van der Waals surface area contributed by atoms with Crippen LogP contribution in [0.5, 0.6) is 5.75 Å². The molecule has 0 bridgehead atoms. The van der Waals surface area contributed by atoms with Gasteiger partial charge < -0.3 is 15.5 Å². The largest absolute Gasteiger partial charge is 0.497 e. The Labute approximate surface area is 175 Å². The standard InChI is InChI=1S/C20H26N6O2S/c1-25(20(14-21)10-4-3-5-11-20)18(27)13-29-19-24-23-17(26(19)22)12-15-6-8-16(28-2)9-7-15/h6-9H,3-5,10-13,22H2,1-2H3. The predicted molar refractivity (Wildman–Crippen MR) is 111 cm³/mol. The van der Waals surface area contributed by atoms with Crippen LogP contribution in [-0.2, 0) is 11.2 Å². The first-order valence-electron chi connectivity index (χ1n) is 9.62. The third-order valence-electron chi connectivity index (χ3n) is 5.49. The van der Waals surface area contributed by atoms with Crippen molar-refractivity contribution in [3.8, 4) is 11.8 Å². The van der Waals surface area contributed by atoms with Gasteiger partial charge in [0, 0.05) is 13.5 Å². The van der Waals surface area contributed by atoms with Crippen LogP contribution in [0.1, 0.15) is 43.5 Å². The van der Waals surface area contributed by atoms with Crippen molar-refractivity contribution in [2.75, 3.05) is 25.8 Å². The van der Waals surface area contributed by atoms with Gasteiger partial charge >= 0.3 is 0 Å². The summed E-state index contributed by atoms with van der Waals surface area (Å²) in [6.45, 7) is 0. The van der Waals surface area contributed by atoms with Gasteiger partial charge in [0.15, 0.2) is 5.82 Å². The van der Waals surface area contributed by atoms with Gasteiger partial charge in [0.05, 0.1) is 18.9 Å². The topological polar surface area (TPSA) is 110 Å². The zero-order valence-corrected chi connectivity index (χ0v) is 17.6. The average Bonchev–Trinajstić information content (AvgIpc) is 3.11. The zero-order chi connectivity index (χ0) is 20.9. The molecule has 2 aromatic rings. The summed E-state index contributed by atoms with van der Waals surface area (Å²) in [4.78, 5) is 14.3. The fourth-order valence-corrected chi connectivity index (χ4v) is 4.36. The minimum absolute atomic E-state index is 0.0989. The second kappa shape index (κ2) is 9.18. The molecule has 1 saturated carbocycles. The van der Waals surface area contributed by atoms with Crippen molar-refractivity contribution < 1.29 is 9.53 Å². The van der Waals surface area contributed by atoms with E-state index in [2.05, 4.69) is 16.3 Å². The SMILES string of the molecule is COc1ccc(Cc2nnc(SCC(=O)N(C)C3(C#N)CCCCC3)n2N)cc1. The number of rotatable bonds is 7. The molecule has 29 heavy (non-hydrogen) atoms. The van der Waals surface area contributed by atoms with Gasteiger partial charge in [-0.3, -0.25) is 4.79 Å². The van der Waals surface area contributed by atoms with Gasteiger partial charge in [0.1, 0.15) is 11.3 Å². The first-order chi connectivity index (χ1) is 14.0. The Morgan fingerprint density at radius 3 is 2.62 bits per heavy atom. The van der Waals surface area contributed by atoms with Crippen LogP contribution in [0.15, 0.2) is 29.4 Å². The lowest BCUT2D eigenvalue weighted by Gasteiger charge is -2.39. The number of hydrogen-bond acceptors (Lipinski definition) is 7. The minimum Gasteiger partial charge on any atom is -0.497 e. The molecule has 0 unspecified atom stereocenters. The molecule has 0 radical (unpaired) electrons. The van der Waals surface area contributed by atoms with Crippen LogP contribution in [0.4, 0.5) is 0 Å². The Morgan fingerprint density at radius 1 is 1.31 bits per heavy atom. The first-order valence-corrected chi connectivity index (χ1v) is 10.6. The lowest BCUT2D eigenvalue weighted by atomic mass is 9.81. The summed E-state index contributed by atoms with van der Waals surface area (Å²) in [5.41, 5.74) is 0.344. The van der Waals surface area contributed by atoms with Crippen LogP contribution >= 0.6 is 11.8 Å². The summed E-state index contributed by atoms with van der Waals surface area (Å²) in [5.74, 6) is 7.60. The summed E-state index contributed by atoms with van der Waals surface area (Å²) in [6.07, 6.45) is 5.06. The molecule has 1 fully saturated rings. The molecule has 8 nitrogen and oxygen atoms in total. The van der Waals surface area contributed by atoms with Gasteiger partial charge in [0.2, 0.25) is 11.1 Å². The smallest absolute Gasteiger partial charge is 0.234 e. The van der Waals surface area contributed by atoms with E-state index in [0.717, 1.165) is 43.4 Å². The molecule has 1 aliphatic rings. The van der Waals surface area contributed by atoms with E-state index in [4.69, 9.17) is 10.6 Å². The molecular weight excluding hydrogens is 388 g/mol. The van der Waals surface area contributed by atoms with Crippen molar-refractivity contribution in [3.63, 3.8) is 0 Å². The molecule has 1 aliphatic carbocycles. The highest BCUT2D eigenvalue weighted by atomic mass is 32.2. The number of nitriles is 1. The summed E-state index contributed by atoms with van der Waals surface area (Å²) in [6, 6.07) is 10.0. The van der Waals surface area contributed by atoms with E-state index < -0.39 is 5.54 Å². The lowest BCUT2D eigenvalue weighted by molar-refractivity contribution is -0.131. The van der Waals surface area contributed by atoms with Gasteiger partial charge in [-0.1, -0.05) is 43.2 Å². The van der Waals surface area contributed by atoms with Crippen LogP contribution in [0.3, 0.4) is 0 Å². The fraction of sp³-hybridized carbons (Fsp3) is 0.500. The molecule has 0 atom stereocenters. The summed E-state index contributed by atoms with van der Waals surface area (Å²) in [7, 11) is 3.35. The number of nitrogens with two attached hydrogens (primary N) is 1. The van der Waals surface area contributed by atoms with Gasteiger partial charge in [0.25, 0.3) is 0 Å². The molecule has 0 spiro atoms. The molecule has 1 amide bonds. The second-order valence-electron chi connectivity index (χ2n) is 7.24. The molecular formula is C20H26N6O2S. The molecule has 1 heterocycles. The van der Waals surface area contributed by atoms with Crippen molar-refractivity contribution in [2.24, 2.45) is 0 Å². The third-order valence-corrected chi connectivity index (χ3v) is 6.41. The van der Waals surface area contributed by atoms with E-state index in [1.54, 1.807) is 19.1 Å². The van der Waals surface area contributed by atoms with E-state index in [1.165, 1.54) is 16.4 Å². The average molecular weight is 415 g/mol. The number of hydrogen-bond donors (Lipinski definition) is 1. The molecule has 9 heteroatoms. The van der Waals surface area contributed by atoms with Crippen molar-refractivity contribution in [1.82, 2.24) is 19.8 Å². The van der Waals surface area contributed by atoms with Gasteiger partial charge in [-0.2, -0.15) is 5.26 Å². The van der Waals surface area contributed by atoms with Crippen LogP contribution in [0, 0.1) is 11.3 Å². The van der Waals surface area contributed by atoms with E-state index in [0.29, 0.717) is 17.4 Å². The maximum absolute atomic E-state index is 12.7. The maximum Gasteiger partial charge on any atom is 0.234 e. The van der Waals surface area contributed by atoms with Crippen molar-refractivity contribution in [3.05, 3.63) is 35.7 Å². The minimum atomic E-state index is -0.689. The van der Waals surface area contributed by atoms with Crippen molar-refractivity contribution in [1.29, 1.82) is 5.26 Å². The monoisotopic (exact) mass is 414 g/mol. The van der Waals surface area contributed by atoms with Gasteiger partial charge in [-0.25, -0.2) is 4.68 Å². The van der Waals surface area contributed by atoms with Crippen LogP contribution < -0.4 is 10.6 Å². The van der Waals surface area contributed by atoms with Gasteiger partial charge in [-0.05, 0) is 30.5 Å². The lowest BCUT2D eigenvalue weighted by Crippen LogP contribution is -2.50. The highest BCUT2D eigenvalue weighted by Gasteiger charge is 2.38. The van der Waals surface area contributed by atoms with Gasteiger partial charge in [-0.15, -0.1) is 10.2 Å². The Bertz CT molecular complexity index is 883. The van der Waals surface area contributed by atoms with E-state index >= 15 is 0 Å². The Kier molecular flexibility index (Phi) is 6.64. The molecule has 0 saturated heterocycles. The predicted octanol–water partition coefficient (Wildman–Crippen LogP) is 2.37. The summed E-state index contributed by atoms with van der Waals surface area (Å²) < 4.78 is 6.58. The number of amides is 1. The number of ether oxygens (including phenoxy) is 1. The van der Waals surface area contributed by atoms with E-state index in [9.17, 15) is 10.1 Å². The zero-order valence-electron chi connectivity index (χ0n) is 16.8. The number of nitrogens with zero attached hydrogens (tertiary/aromatic N) is 5. The fourth-order valence-electron chi connectivity index (χ4n) is 3.57. The molecule has 0 aliphatic heterocycles. The van der Waals surface area contributed by atoms with Crippen molar-refractivity contribution in [2.45, 2.75) is 49.2 Å². The number of aromatic nitrogens is 3. The molecule has 154 valence electrons. The molecule has 2 N–H and O–H groups in total. The Balaban J connectivity index is 1.61. The second-order valence-corrected chi connectivity index (χ2v) is 8.18. The molecule has 3 rings (SSSR count). The van der Waals surface area contributed by atoms with Crippen LogP contribution in [0.2, 0.25) is 0 Å². The highest BCUT2D eigenvalue weighted by molar-refractivity contribution is 7.99. The first kappa shape index (κ1) is 21.0. The quantitative estimate of drug-likeness (QED) is 0.547. The van der Waals surface area contributed by atoms with Crippen molar-refractivity contribution >= 4 is 17.7 Å². The number of thioether (sulfide) groups is 1. The number of carbonyl (C=O) groups excluding carboxylic acids is 1. The normalized spacial score (nSPS) is 15.5. The maximum atomic E-state index is 12.7. The molecule has 1 aromatic carbocycles. The van der Waals surface area contributed by atoms with Crippen LogP contribution in [0.25, 0.3) is 0 Å². The summed E-state index contributed by atoms with van der Waals surface area (Å²) in [5, 5.41) is 18.4. The summed E-state index contributed by atoms with van der Waals surface area (Å²) >= 11 is 1.24. The highest BCUT2D eigenvalue weighted by Crippen LogP contribution is 2.33. The number of methoxy groups -OCH3 is 1. The van der Waals surface area contributed by atoms with E-state index in [-0.39, 0.29) is 11.7 Å².